The maximum Gasteiger partial charge on any atom is 0.224 e. The molecule has 1 fully saturated rings. The van der Waals surface area contributed by atoms with Crippen LogP contribution < -0.4 is 10.6 Å². The minimum absolute atomic E-state index is 0.108. The van der Waals surface area contributed by atoms with Gasteiger partial charge in [0, 0.05) is 18.2 Å². The van der Waals surface area contributed by atoms with E-state index in [2.05, 4.69) is 17.6 Å². The van der Waals surface area contributed by atoms with Crippen molar-refractivity contribution in [2.75, 3.05) is 6.54 Å². The van der Waals surface area contributed by atoms with Gasteiger partial charge in [0.15, 0.2) is 0 Å². The van der Waals surface area contributed by atoms with Crippen molar-refractivity contribution in [3.63, 3.8) is 0 Å². The highest BCUT2D eigenvalue weighted by Crippen LogP contribution is 2.15. The van der Waals surface area contributed by atoms with Crippen LogP contribution in [-0.4, -0.2) is 18.5 Å². The van der Waals surface area contributed by atoms with Gasteiger partial charge in [0.1, 0.15) is 0 Å². The first-order chi connectivity index (χ1) is 7.27. The average molecular weight is 208 g/mol. The fraction of sp³-hybridized carbons (Fsp3) is 0.545. The van der Waals surface area contributed by atoms with E-state index in [1.165, 1.54) is 0 Å². The number of nitrogens with one attached hydrogen (secondary N) is 2. The molecule has 0 aromatic carbocycles. The second-order valence-corrected chi connectivity index (χ2v) is 3.99. The molecule has 0 saturated carbocycles. The predicted octanol–water partition coefficient (Wildman–Crippen LogP) is 0.894. The topological polar surface area (TPSA) is 54.3 Å². The molecule has 2 atom stereocenters. The van der Waals surface area contributed by atoms with Gasteiger partial charge in [-0.3, -0.25) is 4.79 Å². The highest BCUT2D eigenvalue weighted by Gasteiger charge is 2.28. The van der Waals surface area contributed by atoms with Gasteiger partial charge in [-0.25, -0.2) is 0 Å². The van der Waals surface area contributed by atoms with Crippen LogP contribution in [0.15, 0.2) is 23.0 Å². The van der Waals surface area contributed by atoms with E-state index >= 15 is 0 Å². The normalized spacial score (nSPS) is 25.4. The summed E-state index contributed by atoms with van der Waals surface area (Å²) in [6.07, 6.45) is 4.19. The van der Waals surface area contributed by atoms with Crippen molar-refractivity contribution in [3.05, 3.63) is 24.2 Å². The summed E-state index contributed by atoms with van der Waals surface area (Å²) in [5.41, 5.74) is 1.00. The lowest BCUT2D eigenvalue weighted by Gasteiger charge is -2.14. The number of rotatable bonds is 3. The summed E-state index contributed by atoms with van der Waals surface area (Å²) < 4.78 is 4.93. The summed E-state index contributed by atoms with van der Waals surface area (Å²) in [6.45, 7) is 3.54. The molecule has 1 aliphatic heterocycles. The highest BCUT2D eigenvalue weighted by molar-refractivity contribution is 5.79. The lowest BCUT2D eigenvalue weighted by Crippen LogP contribution is -2.36. The van der Waals surface area contributed by atoms with E-state index in [0.29, 0.717) is 6.54 Å². The van der Waals surface area contributed by atoms with Crippen molar-refractivity contribution in [1.29, 1.82) is 0 Å². The van der Waals surface area contributed by atoms with E-state index < -0.39 is 0 Å². The van der Waals surface area contributed by atoms with E-state index in [4.69, 9.17) is 4.42 Å². The van der Waals surface area contributed by atoms with Crippen LogP contribution >= 0.6 is 0 Å². The van der Waals surface area contributed by atoms with E-state index in [-0.39, 0.29) is 17.9 Å². The largest absolute Gasteiger partial charge is 0.472 e. The fourth-order valence-electron chi connectivity index (χ4n) is 1.93. The molecule has 2 N–H and O–H groups in total. The van der Waals surface area contributed by atoms with Gasteiger partial charge < -0.3 is 15.1 Å². The smallest absolute Gasteiger partial charge is 0.224 e. The van der Waals surface area contributed by atoms with E-state index in [1.807, 2.05) is 6.07 Å². The molecule has 0 radical (unpaired) electrons. The van der Waals surface area contributed by atoms with Gasteiger partial charge in [-0.15, -0.1) is 0 Å². The molecule has 1 amide bonds. The van der Waals surface area contributed by atoms with Crippen molar-refractivity contribution in [2.24, 2.45) is 5.92 Å². The number of carbonyl (C=O) groups excluding carboxylic acids is 1. The number of carbonyl (C=O) groups is 1. The molecule has 0 spiro atoms. The van der Waals surface area contributed by atoms with E-state index in [0.717, 1.165) is 18.5 Å². The van der Waals surface area contributed by atoms with Crippen molar-refractivity contribution in [3.8, 4) is 0 Å². The molecule has 82 valence electrons. The highest BCUT2D eigenvalue weighted by atomic mass is 16.3. The number of amides is 1. The van der Waals surface area contributed by atoms with Crippen LogP contribution in [0.2, 0.25) is 0 Å². The first-order valence-electron chi connectivity index (χ1n) is 5.29. The molecule has 0 aliphatic carbocycles. The Morgan fingerprint density at radius 3 is 3.20 bits per heavy atom. The SMILES string of the molecule is CC1NCCC1C(=O)NCc1ccoc1. The zero-order valence-corrected chi connectivity index (χ0v) is 8.82. The summed E-state index contributed by atoms with van der Waals surface area (Å²) in [4.78, 5) is 11.8. The summed E-state index contributed by atoms with van der Waals surface area (Å²) >= 11 is 0. The predicted molar refractivity (Wildman–Crippen MR) is 56.1 cm³/mol. The van der Waals surface area contributed by atoms with E-state index in [1.54, 1.807) is 12.5 Å². The first-order valence-corrected chi connectivity index (χ1v) is 5.29. The molecular weight excluding hydrogens is 192 g/mol. The number of furan rings is 1. The standard InChI is InChI=1S/C11H16N2O2/c1-8-10(2-4-12-8)11(14)13-6-9-3-5-15-7-9/h3,5,7-8,10,12H,2,4,6H2,1H3,(H,13,14). The van der Waals surface area contributed by atoms with Gasteiger partial charge in [0.05, 0.1) is 18.4 Å². The number of hydrogen-bond acceptors (Lipinski definition) is 3. The molecule has 4 heteroatoms. The maximum absolute atomic E-state index is 11.8. The Kier molecular flexibility index (Phi) is 3.06. The molecule has 15 heavy (non-hydrogen) atoms. The molecule has 2 unspecified atom stereocenters. The summed E-state index contributed by atoms with van der Waals surface area (Å²) in [5.74, 6) is 0.241. The van der Waals surface area contributed by atoms with Crippen molar-refractivity contribution < 1.29 is 9.21 Å². The van der Waals surface area contributed by atoms with Crippen LogP contribution in [0.1, 0.15) is 18.9 Å². The Labute approximate surface area is 89.0 Å². The lowest BCUT2D eigenvalue weighted by atomic mass is 10.0. The molecule has 1 aliphatic rings. The van der Waals surface area contributed by atoms with Crippen molar-refractivity contribution >= 4 is 5.91 Å². The second-order valence-electron chi connectivity index (χ2n) is 3.99. The zero-order valence-electron chi connectivity index (χ0n) is 8.82. The third kappa shape index (κ3) is 2.39. The third-order valence-electron chi connectivity index (χ3n) is 2.91. The van der Waals surface area contributed by atoms with Gasteiger partial charge in [-0.05, 0) is 26.0 Å². The Morgan fingerprint density at radius 2 is 2.60 bits per heavy atom. The Balaban J connectivity index is 1.82. The van der Waals surface area contributed by atoms with Crippen LogP contribution in [0, 0.1) is 5.92 Å². The van der Waals surface area contributed by atoms with Gasteiger partial charge in [0.25, 0.3) is 0 Å². The maximum atomic E-state index is 11.8. The fourth-order valence-corrected chi connectivity index (χ4v) is 1.93. The van der Waals surface area contributed by atoms with Gasteiger partial charge >= 0.3 is 0 Å². The molecule has 2 heterocycles. The third-order valence-corrected chi connectivity index (χ3v) is 2.91. The molecule has 2 rings (SSSR count). The quantitative estimate of drug-likeness (QED) is 0.775. The van der Waals surface area contributed by atoms with Crippen LogP contribution in [0.3, 0.4) is 0 Å². The monoisotopic (exact) mass is 208 g/mol. The zero-order chi connectivity index (χ0) is 10.7. The Morgan fingerprint density at radius 1 is 1.73 bits per heavy atom. The molecule has 4 nitrogen and oxygen atoms in total. The molecule has 1 saturated heterocycles. The van der Waals surface area contributed by atoms with Crippen LogP contribution in [-0.2, 0) is 11.3 Å². The van der Waals surface area contributed by atoms with Gasteiger partial charge in [-0.1, -0.05) is 0 Å². The summed E-state index contributed by atoms with van der Waals surface area (Å²) in [5, 5.41) is 6.18. The molecule has 1 aromatic rings. The summed E-state index contributed by atoms with van der Waals surface area (Å²) in [6, 6.07) is 2.14. The van der Waals surface area contributed by atoms with Crippen molar-refractivity contribution in [2.45, 2.75) is 25.9 Å². The second kappa shape index (κ2) is 4.49. The van der Waals surface area contributed by atoms with Crippen LogP contribution in [0.5, 0.6) is 0 Å². The Bertz CT molecular complexity index is 321. The van der Waals surface area contributed by atoms with Crippen LogP contribution in [0.25, 0.3) is 0 Å². The van der Waals surface area contributed by atoms with Crippen LogP contribution in [0.4, 0.5) is 0 Å². The molecule has 0 bridgehead atoms. The first kappa shape index (κ1) is 10.2. The minimum atomic E-state index is 0.108. The van der Waals surface area contributed by atoms with Gasteiger partial charge in [-0.2, -0.15) is 0 Å². The van der Waals surface area contributed by atoms with Gasteiger partial charge in [0.2, 0.25) is 5.91 Å². The molecular formula is C11H16N2O2. The number of hydrogen-bond donors (Lipinski definition) is 2. The molecule has 1 aromatic heterocycles. The van der Waals surface area contributed by atoms with Crippen molar-refractivity contribution in [1.82, 2.24) is 10.6 Å². The minimum Gasteiger partial charge on any atom is -0.472 e. The Hall–Kier alpha value is -1.29. The average Bonchev–Trinajstić information content (AvgIpc) is 2.84. The summed E-state index contributed by atoms with van der Waals surface area (Å²) in [7, 11) is 0. The lowest BCUT2D eigenvalue weighted by molar-refractivity contribution is -0.125. The van der Waals surface area contributed by atoms with E-state index in [9.17, 15) is 4.79 Å².